The minimum atomic E-state index is 0.0288. The lowest BCUT2D eigenvalue weighted by Gasteiger charge is -2.21. The van der Waals surface area contributed by atoms with Gasteiger partial charge in [0.1, 0.15) is 0 Å². The van der Waals surface area contributed by atoms with Crippen LogP contribution in [0.5, 0.6) is 6.01 Å². The Labute approximate surface area is 124 Å². The zero-order valence-corrected chi connectivity index (χ0v) is 13.2. The van der Waals surface area contributed by atoms with E-state index < -0.39 is 0 Å². The van der Waals surface area contributed by atoms with E-state index >= 15 is 0 Å². The van der Waals surface area contributed by atoms with Crippen molar-refractivity contribution in [2.75, 3.05) is 37.2 Å². The van der Waals surface area contributed by atoms with Gasteiger partial charge in [0.15, 0.2) is 0 Å². The predicted molar refractivity (Wildman–Crippen MR) is 82.6 cm³/mol. The summed E-state index contributed by atoms with van der Waals surface area (Å²) in [6, 6.07) is 0.326. The lowest BCUT2D eigenvalue weighted by molar-refractivity contribution is 0.287. The number of aromatic nitrogens is 3. The van der Waals surface area contributed by atoms with Gasteiger partial charge in [0, 0.05) is 18.3 Å². The van der Waals surface area contributed by atoms with Crippen LogP contribution in [-0.2, 0) is 0 Å². The highest BCUT2D eigenvalue weighted by atomic mass is 32.2. The quantitative estimate of drug-likeness (QED) is 0.627. The van der Waals surface area contributed by atoms with Crippen molar-refractivity contribution in [3.63, 3.8) is 0 Å². The molecule has 0 aromatic carbocycles. The Balaban J connectivity index is 2.82. The first-order valence-corrected chi connectivity index (χ1v) is 7.90. The minimum Gasteiger partial charge on any atom is -0.463 e. The van der Waals surface area contributed by atoms with Crippen LogP contribution in [0.3, 0.4) is 0 Å². The van der Waals surface area contributed by atoms with Crippen LogP contribution in [0.1, 0.15) is 20.3 Å². The molecule has 1 heterocycles. The molecule has 0 aliphatic carbocycles. The molecule has 1 aromatic heterocycles. The molecule has 0 bridgehead atoms. The fourth-order valence-corrected chi connectivity index (χ4v) is 2.15. The maximum atomic E-state index is 9.29. The largest absolute Gasteiger partial charge is 0.463 e. The maximum Gasteiger partial charge on any atom is 0.323 e. The highest BCUT2D eigenvalue weighted by Gasteiger charge is 2.17. The molecular formula is C12H23N5O2S. The molecule has 0 aliphatic heterocycles. The van der Waals surface area contributed by atoms with Crippen molar-refractivity contribution in [2.45, 2.75) is 31.6 Å². The molecule has 0 spiro atoms. The minimum absolute atomic E-state index is 0.0288. The molecule has 1 aromatic rings. The average Bonchev–Trinajstić information content (AvgIpc) is 2.46. The lowest BCUT2D eigenvalue weighted by Crippen LogP contribution is -2.31. The monoisotopic (exact) mass is 301 g/mol. The third kappa shape index (κ3) is 5.01. The number of nitrogens with one attached hydrogen (secondary N) is 2. The van der Waals surface area contributed by atoms with E-state index in [0.29, 0.717) is 24.5 Å². The van der Waals surface area contributed by atoms with Crippen LogP contribution >= 0.6 is 11.8 Å². The van der Waals surface area contributed by atoms with Crippen molar-refractivity contribution in [3.8, 4) is 6.01 Å². The van der Waals surface area contributed by atoms with Gasteiger partial charge in [-0.1, -0.05) is 6.92 Å². The molecule has 8 heteroatoms. The normalized spacial score (nSPS) is 13.7. The predicted octanol–water partition coefficient (Wildman–Crippen LogP) is 1.23. The number of aliphatic hydroxyl groups excluding tert-OH is 1. The number of nitrogens with zero attached hydrogens (tertiary/aromatic N) is 3. The summed E-state index contributed by atoms with van der Waals surface area (Å²) in [7, 11) is 1.74. The molecule has 2 unspecified atom stereocenters. The van der Waals surface area contributed by atoms with Crippen molar-refractivity contribution >= 4 is 23.7 Å². The van der Waals surface area contributed by atoms with E-state index in [9.17, 15) is 5.11 Å². The molecular weight excluding hydrogens is 278 g/mol. The van der Waals surface area contributed by atoms with Crippen molar-refractivity contribution in [3.05, 3.63) is 0 Å². The molecule has 0 aliphatic rings. The van der Waals surface area contributed by atoms with Crippen LogP contribution in [0.4, 0.5) is 11.9 Å². The van der Waals surface area contributed by atoms with E-state index in [1.165, 1.54) is 0 Å². The fourth-order valence-electron chi connectivity index (χ4n) is 1.52. The van der Waals surface area contributed by atoms with Crippen LogP contribution in [-0.4, -0.2) is 57.9 Å². The summed E-state index contributed by atoms with van der Waals surface area (Å²) < 4.78 is 5.44. The molecule has 0 saturated heterocycles. The molecule has 0 fully saturated rings. The summed E-state index contributed by atoms with van der Waals surface area (Å²) in [5.74, 6) is 0.890. The van der Waals surface area contributed by atoms with Crippen molar-refractivity contribution < 1.29 is 9.84 Å². The Bertz CT molecular complexity index is 403. The van der Waals surface area contributed by atoms with Gasteiger partial charge in [0.25, 0.3) is 0 Å². The van der Waals surface area contributed by atoms with Gasteiger partial charge < -0.3 is 20.5 Å². The Morgan fingerprint density at radius 3 is 2.55 bits per heavy atom. The number of thioether (sulfide) groups is 1. The molecule has 20 heavy (non-hydrogen) atoms. The highest BCUT2D eigenvalue weighted by molar-refractivity contribution is 7.99. The number of hydrogen-bond donors (Lipinski definition) is 3. The maximum absolute atomic E-state index is 9.29. The fraction of sp³-hybridized carbons (Fsp3) is 0.750. The highest BCUT2D eigenvalue weighted by Crippen LogP contribution is 2.16. The molecule has 3 N–H and O–H groups in total. The summed E-state index contributed by atoms with van der Waals surface area (Å²) in [5.41, 5.74) is 0. The van der Waals surface area contributed by atoms with E-state index in [1.54, 1.807) is 18.8 Å². The summed E-state index contributed by atoms with van der Waals surface area (Å²) in [6.45, 7) is 4.66. The zero-order chi connectivity index (χ0) is 15.0. The second-order valence-electron chi connectivity index (χ2n) is 4.25. The van der Waals surface area contributed by atoms with Gasteiger partial charge in [-0.15, -0.1) is 0 Å². The number of rotatable bonds is 9. The summed E-state index contributed by atoms with van der Waals surface area (Å²) in [4.78, 5) is 12.6. The summed E-state index contributed by atoms with van der Waals surface area (Å²) in [5, 5.41) is 15.4. The Hall–Kier alpha value is -1.28. The van der Waals surface area contributed by atoms with Crippen molar-refractivity contribution in [2.24, 2.45) is 0 Å². The summed E-state index contributed by atoms with van der Waals surface area (Å²) in [6.07, 6.45) is 2.85. The van der Waals surface area contributed by atoms with E-state index in [1.807, 2.05) is 20.1 Å². The van der Waals surface area contributed by atoms with E-state index in [2.05, 4.69) is 25.6 Å². The molecule has 0 saturated carbocycles. The average molecular weight is 301 g/mol. The molecule has 7 nitrogen and oxygen atoms in total. The van der Waals surface area contributed by atoms with Gasteiger partial charge in [-0.2, -0.15) is 26.7 Å². The first kappa shape index (κ1) is 16.8. The van der Waals surface area contributed by atoms with Crippen LogP contribution in [0, 0.1) is 0 Å². The SMILES string of the molecule is CCCOc1nc(NC)nc(NC(C)C(CO)SC)n1. The van der Waals surface area contributed by atoms with Crippen molar-refractivity contribution in [1.82, 2.24) is 15.0 Å². The van der Waals surface area contributed by atoms with Crippen LogP contribution < -0.4 is 15.4 Å². The third-order valence-corrected chi connectivity index (χ3v) is 3.83. The molecule has 1 rings (SSSR count). The first-order valence-electron chi connectivity index (χ1n) is 6.61. The summed E-state index contributed by atoms with van der Waals surface area (Å²) >= 11 is 1.59. The molecule has 0 radical (unpaired) electrons. The second-order valence-corrected chi connectivity index (χ2v) is 5.33. The van der Waals surface area contributed by atoms with Crippen LogP contribution in [0.25, 0.3) is 0 Å². The van der Waals surface area contributed by atoms with E-state index in [0.717, 1.165) is 6.42 Å². The van der Waals surface area contributed by atoms with Gasteiger partial charge in [-0.25, -0.2) is 0 Å². The van der Waals surface area contributed by atoms with E-state index in [-0.39, 0.29) is 17.9 Å². The van der Waals surface area contributed by atoms with Gasteiger partial charge in [-0.05, 0) is 19.6 Å². The Morgan fingerprint density at radius 2 is 2.00 bits per heavy atom. The van der Waals surface area contributed by atoms with Gasteiger partial charge in [0.2, 0.25) is 11.9 Å². The Morgan fingerprint density at radius 1 is 1.30 bits per heavy atom. The van der Waals surface area contributed by atoms with Crippen LogP contribution in [0.15, 0.2) is 0 Å². The topological polar surface area (TPSA) is 92.2 Å². The molecule has 2 atom stereocenters. The standard InChI is InChI=1S/C12H23N5O2S/c1-5-6-19-12-16-10(13-3)15-11(17-12)14-8(2)9(7-18)20-4/h8-9,18H,5-7H2,1-4H3,(H2,13,14,15,16,17). The number of hydrogen-bond acceptors (Lipinski definition) is 8. The third-order valence-electron chi connectivity index (χ3n) is 2.67. The van der Waals surface area contributed by atoms with E-state index in [4.69, 9.17) is 4.74 Å². The lowest BCUT2D eigenvalue weighted by atomic mass is 10.2. The smallest absolute Gasteiger partial charge is 0.323 e. The molecule has 0 amide bonds. The number of aliphatic hydroxyl groups is 1. The number of anilines is 2. The van der Waals surface area contributed by atoms with Gasteiger partial charge in [0.05, 0.1) is 13.2 Å². The van der Waals surface area contributed by atoms with Gasteiger partial charge >= 0.3 is 6.01 Å². The van der Waals surface area contributed by atoms with Gasteiger partial charge in [-0.3, -0.25) is 0 Å². The second kappa shape index (κ2) is 8.80. The van der Waals surface area contributed by atoms with Crippen LogP contribution in [0.2, 0.25) is 0 Å². The number of ether oxygens (including phenoxy) is 1. The zero-order valence-electron chi connectivity index (χ0n) is 12.4. The molecule has 114 valence electrons. The van der Waals surface area contributed by atoms with Crippen molar-refractivity contribution in [1.29, 1.82) is 0 Å². The first-order chi connectivity index (χ1) is 9.64. The Kier molecular flexibility index (Phi) is 7.38.